The van der Waals surface area contributed by atoms with E-state index in [1.54, 1.807) is 6.07 Å². The zero-order valence-corrected chi connectivity index (χ0v) is 9.96. The Labute approximate surface area is 96.5 Å². The van der Waals surface area contributed by atoms with E-state index in [0.717, 1.165) is 37.2 Å². The summed E-state index contributed by atoms with van der Waals surface area (Å²) < 4.78 is 13.7. The number of anilines is 1. The highest BCUT2D eigenvalue weighted by Crippen LogP contribution is 2.24. The van der Waals surface area contributed by atoms with Crippen LogP contribution < -0.4 is 10.2 Å². The zero-order chi connectivity index (χ0) is 11.5. The van der Waals surface area contributed by atoms with Crippen molar-refractivity contribution in [3.8, 4) is 0 Å². The normalized spacial score (nSPS) is 17.8. The van der Waals surface area contributed by atoms with Gasteiger partial charge in [0.15, 0.2) is 0 Å². The summed E-state index contributed by atoms with van der Waals surface area (Å²) in [4.78, 5) is 2.15. The number of nitrogens with one attached hydrogen (secondary N) is 1. The van der Waals surface area contributed by atoms with Crippen molar-refractivity contribution in [2.24, 2.45) is 0 Å². The molecule has 3 heteroatoms. The Kier molecular flexibility index (Phi) is 3.44. The molecule has 0 aromatic heterocycles. The molecule has 1 aliphatic heterocycles. The Bertz CT molecular complexity index is 357. The van der Waals surface area contributed by atoms with E-state index in [0.29, 0.717) is 6.04 Å². The van der Waals surface area contributed by atoms with Gasteiger partial charge in [0, 0.05) is 19.1 Å². The molecule has 1 saturated heterocycles. The molecule has 0 radical (unpaired) electrons. The Morgan fingerprint density at radius 2 is 2.00 bits per heavy atom. The summed E-state index contributed by atoms with van der Waals surface area (Å²) in [6.07, 6.45) is 2.17. The average Bonchev–Trinajstić information content (AvgIpc) is 2.32. The first kappa shape index (κ1) is 11.4. The van der Waals surface area contributed by atoms with Crippen molar-refractivity contribution in [2.45, 2.75) is 25.8 Å². The van der Waals surface area contributed by atoms with Crippen molar-refractivity contribution in [3.63, 3.8) is 0 Å². The van der Waals surface area contributed by atoms with Crippen molar-refractivity contribution in [3.05, 3.63) is 29.6 Å². The van der Waals surface area contributed by atoms with E-state index < -0.39 is 0 Å². The highest BCUT2D eigenvalue weighted by Gasteiger charge is 2.19. The van der Waals surface area contributed by atoms with Gasteiger partial charge in [-0.05, 0) is 44.5 Å². The molecule has 1 N–H and O–H groups in total. The first-order valence-electron chi connectivity index (χ1n) is 5.89. The number of halogens is 1. The molecule has 0 amide bonds. The maximum absolute atomic E-state index is 13.7. The van der Waals surface area contributed by atoms with Crippen LogP contribution in [0, 0.1) is 12.7 Å². The fourth-order valence-electron chi connectivity index (χ4n) is 2.27. The molecule has 88 valence electrons. The van der Waals surface area contributed by atoms with Gasteiger partial charge in [-0.1, -0.05) is 6.07 Å². The lowest BCUT2D eigenvalue weighted by atomic mass is 10.0. The molecule has 0 bridgehead atoms. The van der Waals surface area contributed by atoms with Crippen molar-refractivity contribution in [1.29, 1.82) is 0 Å². The lowest BCUT2D eigenvalue weighted by Gasteiger charge is -2.33. The third-order valence-corrected chi connectivity index (χ3v) is 3.35. The van der Waals surface area contributed by atoms with Gasteiger partial charge < -0.3 is 10.2 Å². The molecule has 1 heterocycles. The largest absolute Gasteiger partial charge is 0.369 e. The van der Waals surface area contributed by atoms with Crippen molar-refractivity contribution < 1.29 is 4.39 Å². The molecule has 0 aliphatic carbocycles. The van der Waals surface area contributed by atoms with Gasteiger partial charge in [0.1, 0.15) is 5.82 Å². The summed E-state index contributed by atoms with van der Waals surface area (Å²) in [7, 11) is 1.99. The SMILES string of the molecule is CNC1CCN(c2cc(C)ccc2F)CC1. The van der Waals surface area contributed by atoms with Crippen LogP contribution in [-0.2, 0) is 0 Å². The van der Waals surface area contributed by atoms with Crippen LogP contribution in [0.25, 0.3) is 0 Å². The zero-order valence-electron chi connectivity index (χ0n) is 9.96. The van der Waals surface area contributed by atoms with Gasteiger partial charge in [-0.2, -0.15) is 0 Å². The second-order valence-electron chi connectivity index (χ2n) is 4.50. The second kappa shape index (κ2) is 4.83. The van der Waals surface area contributed by atoms with Crippen LogP contribution in [-0.4, -0.2) is 26.2 Å². The minimum absolute atomic E-state index is 0.103. The summed E-state index contributed by atoms with van der Waals surface area (Å²) in [6, 6.07) is 5.91. The van der Waals surface area contributed by atoms with E-state index in [2.05, 4.69) is 10.2 Å². The fourth-order valence-corrected chi connectivity index (χ4v) is 2.27. The van der Waals surface area contributed by atoms with Gasteiger partial charge in [-0.25, -0.2) is 4.39 Å². The van der Waals surface area contributed by atoms with Crippen molar-refractivity contribution >= 4 is 5.69 Å². The predicted molar refractivity (Wildman–Crippen MR) is 65.4 cm³/mol. The van der Waals surface area contributed by atoms with E-state index in [9.17, 15) is 4.39 Å². The Hall–Kier alpha value is -1.09. The standard InChI is InChI=1S/C13H19FN2/c1-10-3-4-12(14)13(9-10)16-7-5-11(15-2)6-8-16/h3-4,9,11,15H,5-8H2,1-2H3. The minimum Gasteiger partial charge on any atom is -0.369 e. The summed E-state index contributed by atoms with van der Waals surface area (Å²) in [5.41, 5.74) is 1.88. The first-order valence-corrected chi connectivity index (χ1v) is 5.89. The summed E-state index contributed by atoms with van der Waals surface area (Å²) in [5, 5.41) is 3.28. The van der Waals surface area contributed by atoms with Crippen LogP contribution in [0.2, 0.25) is 0 Å². The molecule has 16 heavy (non-hydrogen) atoms. The smallest absolute Gasteiger partial charge is 0.146 e. The van der Waals surface area contributed by atoms with E-state index in [1.807, 2.05) is 26.1 Å². The highest BCUT2D eigenvalue weighted by molar-refractivity contribution is 5.50. The maximum atomic E-state index is 13.7. The Balaban J connectivity index is 2.10. The number of rotatable bonds is 2. The average molecular weight is 222 g/mol. The molecule has 0 atom stereocenters. The van der Waals surface area contributed by atoms with Crippen LogP contribution in [0.3, 0.4) is 0 Å². The van der Waals surface area contributed by atoms with Crippen molar-refractivity contribution in [2.75, 3.05) is 25.0 Å². The lowest BCUT2D eigenvalue weighted by Crippen LogP contribution is -2.41. The first-order chi connectivity index (χ1) is 7.70. The number of hydrogen-bond donors (Lipinski definition) is 1. The third-order valence-electron chi connectivity index (χ3n) is 3.35. The van der Waals surface area contributed by atoms with Crippen LogP contribution >= 0.6 is 0 Å². The van der Waals surface area contributed by atoms with E-state index in [4.69, 9.17) is 0 Å². The summed E-state index contributed by atoms with van der Waals surface area (Å²) in [6.45, 7) is 3.88. The van der Waals surface area contributed by atoms with E-state index >= 15 is 0 Å². The number of benzene rings is 1. The quantitative estimate of drug-likeness (QED) is 0.826. The van der Waals surface area contributed by atoms with Crippen LogP contribution in [0.15, 0.2) is 18.2 Å². The van der Waals surface area contributed by atoms with Crippen LogP contribution in [0.5, 0.6) is 0 Å². The van der Waals surface area contributed by atoms with E-state index in [-0.39, 0.29) is 5.82 Å². The number of nitrogens with zero attached hydrogens (tertiary/aromatic N) is 1. The highest BCUT2D eigenvalue weighted by atomic mass is 19.1. The molecule has 2 nitrogen and oxygen atoms in total. The number of aryl methyl sites for hydroxylation is 1. The van der Waals surface area contributed by atoms with Gasteiger partial charge in [0.05, 0.1) is 5.69 Å². The van der Waals surface area contributed by atoms with Crippen molar-refractivity contribution in [1.82, 2.24) is 5.32 Å². The lowest BCUT2D eigenvalue weighted by molar-refractivity contribution is 0.439. The number of piperidine rings is 1. The van der Waals surface area contributed by atoms with Gasteiger partial charge >= 0.3 is 0 Å². The molecule has 1 fully saturated rings. The minimum atomic E-state index is -0.103. The van der Waals surface area contributed by atoms with Gasteiger partial charge in [-0.15, -0.1) is 0 Å². The van der Waals surface area contributed by atoms with E-state index in [1.165, 1.54) is 0 Å². The molecule has 0 spiro atoms. The molecular formula is C13H19FN2. The molecule has 1 aromatic rings. The molecular weight excluding hydrogens is 203 g/mol. The molecule has 2 rings (SSSR count). The molecule has 0 unspecified atom stereocenters. The predicted octanol–water partition coefficient (Wildman–Crippen LogP) is 2.32. The monoisotopic (exact) mass is 222 g/mol. The molecule has 1 aliphatic rings. The summed E-state index contributed by atoms with van der Waals surface area (Å²) in [5.74, 6) is -0.103. The topological polar surface area (TPSA) is 15.3 Å². The van der Waals surface area contributed by atoms with Crippen LogP contribution in [0.1, 0.15) is 18.4 Å². The van der Waals surface area contributed by atoms with Gasteiger partial charge in [0.25, 0.3) is 0 Å². The summed E-state index contributed by atoms with van der Waals surface area (Å²) >= 11 is 0. The van der Waals surface area contributed by atoms with Gasteiger partial charge in [-0.3, -0.25) is 0 Å². The molecule has 0 saturated carbocycles. The maximum Gasteiger partial charge on any atom is 0.146 e. The fraction of sp³-hybridized carbons (Fsp3) is 0.538. The Morgan fingerprint density at radius 3 is 2.62 bits per heavy atom. The molecule has 1 aromatic carbocycles. The second-order valence-corrected chi connectivity index (χ2v) is 4.50. The third kappa shape index (κ3) is 2.35. The number of hydrogen-bond acceptors (Lipinski definition) is 2. The van der Waals surface area contributed by atoms with Crippen LogP contribution in [0.4, 0.5) is 10.1 Å². The van der Waals surface area contributed by atoms with Gasteiger partial charge in [0.2, 0.25) is 0 Å². The Morgan fingerprint density at radius 1 is 1.31 bits per heavy atom.